The molecule has 0 saturated heterocycles. The molecule has 0 unspecified atom stereocenters. The van der Waals surface area contributed by atoms with Gasteiger partial charge in [0.2, 0.25) is 0 Å². The fraction of sp³-hybridized carbons (Fsp3) is 0.500. The summed E-state index contributed by atoms with van der Waals surface area (Å²) in [6.07, 6.45) is 0.733. The lowest BCUT2D eigenvalue weighted by molar-refractivity contribution is 0.282. The second kappa shape index (κ2) is 5.32. The molecule has 3 nitrogen and oxygen atoms in total. The maximum absolute atomic E-state index is 8.75. The summed E-state index contributed by atoms with van der Waals surface area (Å²) in [4.78, 5) is 4.36. The van der Waals surface area contributed by atoms with E-state index in [0.717, 1.165) is 22.4 Å². The largest absolute Gasteiger partial charge is 0.396 e. The van der Waals surface area contributed by atoms with Gasteiger partial charge in [0.25, 0.3) is 0 Å². The highest BCUT2D eigenvalue weighted by Gasteiger charge is 2.03. The zero-order chi connectivity index (χ0) is 10.6. The van der Waals surface area contributed by atoms with Crippen LogP contribution in [0.5, 0.6) is 0 Å². The van der Waals surface area contributed by atoms with Crippen LogP contribution in [-0.2, 0) is 0 Å². The Morgan fingerprint density at radius 2 is 2.29 bits per heavy atom. The Morgan fingerprint density at radius 3 is 2.86 bits per heavy atom. The first kappa shape index (κ1) is 11.5. The van der Waals surface area contributed by atoms with Crippen molar-refractivity contribution in [2.24, 2.45) is 0 Å². The predicted molar refractivity (Wildman–Crippen MR) is 61.5 cm³/mol. The molecule has 1 rings (SSSR count). The van der Waals surface area contributed by atoms with Crippen LogP contribution in [0.1, 0.15) is 19.0 Å². The lowest BCUT2D eigenvalue weighted by Crippen LogP contribution is -2.17. The van der Waals surface area contributed by atoms with Crippen molar-refractivity contribution in [3.63, 3.8) is 0 Å². The zero-order valence-electron chi connectivity index (χ0n) is 8.42. The zero-order valence-corrected chi connectivity index (χ0v) is 10.0. The van der Waals surface area contributed by atoms with Crippen LogP contribution in [0.25, 0.3) is 0 Å². The Hall–Kier alpha value is -0.610. The van der Waals surface area contributed by atoms with Crippen molar-refractivity contribution in [3.8, 4) is 0 Å². The molecule has 0 radical (unpaired) electrons. The average Bonchev–Trinajstić information content (AvgIpc) is 2.12. The molecule has 0 aromatic carbocycles. The maximum atomic E-state index is 8.75. The van der Waals surface area contributed by atoms with E-state index in [-0.39, 0.29) is 12.6 Å². The molecule has 0 aliphatic rings. The number of pyridine rings is 1. The van der Waals surface area contributed by atoms with Gasteiger partial charge in [-0.05, 0) is 48.3 Å². The van der Waals surface area contributed by atoms with Crippen LogP contribution in [0.4, 0.5) is 5.82 Å². The summed E-state index contributed by atoms with van der Waals surface area (Å²) in [5.41, 5.74) is 0.964. The van der Waals surface area contributed by atoms with E-state index in [1.807, 2.05) is 26.0 Å². The molecule has 0 aliphatic carbocycles. The lowest BCUT2D eigenvalue weighted by atomic mass is 10.2. The average molecular weight is 259 g/mol. The Morgan fingerprint density at radius 1 is 1.57 bits per heavy atom. The van der Waals surface area contributed by atoms with Gasteiger partial charge in [-0.3, -0.25) is 0 Å². The minimum absolute atomic E-state index is 0.198. The van der Waals surface area contributed by atoms with Gasteiger partial charge < -0.3 is 10.4 Å². The molecule has 14 heavy (non-hydrogen) atoms. The fourth-order valence-corrected chi connectivity index (χ4v) is 1.36. The lowest BCUT2D eigenvalue weighted by Gasteiger charge is -2.13. The molecule has 4 heteroatoms. The van der Waals surface area contributed by atoms with Crippen molar-refractivity contribution in [1.29, 1.82) is 0 Å². The highest BCUT2D eigenvalue weighted by Crippen LogP contribution is 2.16. The summed E-state index contributed by atoms with van der Waals surface area (Å²) in [6, 6.07) is 4.13. The first-order valence-electron chi connectivity index (χ1n) is 4.64. The first-order chi connectivity index (χ1) is 6.63. The Kier molecular flexibility index (Phi) is 4.35. The molecule has 0 saturated carbocycles. The standard InChI is InChI=1S/C10H15BrN2O/c1-7(5-6-14)12-10-4-3-9(11)8(2)13-10/h3-4,7,14H,5-6H2,1-2H3,(H,12,13)/t7-/m1/s1. The Bertz CT molecular complexity index is 304. The van der Waals surface area contributed by atoms with E-state index in [4.69, 9.17) is 5.11 Å². The number of hydrogen-bond acceptors (Lipinski definition) is 3. The smallest absolute Gasteiger partial charge is 0.126 e. The number of rotatable bonds is 4. The topological polar surface area (TPSA) is 45.2 Å². The van der Waals surface area contributed by atoms with Crippen LogP contribution in [0.3, 0.4) is 0 Å². The molecule has 0 bridgehead atoms. The van der Waals surface area contributed by atoms with Crippen LogP contribution >= 0.6 is 15.9 Å². The normalized spacial score (nSPS) is 12.6. The summed E-state index contributed by atoms with van der Waals surface area (Å²) in [5.74, 6) is 0.853. The quantitative estimate of drug-likeness (QED) is 0.872. The number of aliphatic hydroxyl groups excluding tert-OH is 1. The number of nitrogens with one attached hydrogen (secondary N) is 1. The van der Waals surface area contributed by atoms with Gasteiger partial charge in [-0.2, -0.15) is 0 Å². The van der Waals surface area contributed by atoms with Crippen LogP contribution in [0.15, 0.2) is 16.6 Å². The third-order valence-electron chi connectivity index (χ3n) is 1.98. The van der Waals surface area contributed by atoms with E-state index in [1.165, 1.54) is 0 Å². The van der Waals surface area contributed by atoms with Crippen LogP contribution in [0.2, 0.25) is 0 Å². The molecule has 0 spiro atoms. The van der Waals surface area contributed by atoms with Gasteiger partial charge in [0, 0.05) is 17.1 Å². The summed E-state index contributed by atoms with van der Waals surface area (Å²) >= 11 is 3.40. The van der Waals surface area contributed by atoms with Crippen molar-refractivity contribution in [3.05, 3.63) is 22.3 Å². The molecule has 1 aromatic rings. The van der Waals surface area contributed by atoms with E-state index in [0.29, 0.717) is 0 Å². The van der Waals surface area contributed by atoms with Gasteiger partial charge in [-0.1, -0.05) is 0 Å². The van der Waals surface area contributed by atoms with Crippen LogP contribution in [-0.4, -0.2) is 22.7 Å². The van der Waals surface area contributed by atoms with Gasteiger partial charge in [0.15, 0.2) is 0 Å². The summed E-state index contributed by atoms with van der Waals surface area (Å²) in [5, 5.41) is 12.0. The molecular weight excluding hydrogens is 244 g/mol. The number of hydrogen-bond donors (Lipinski definition) is 2. The highest BCUT2D eigenvalue weighted by atomic mass is 79.9. The van der Waals surface area contributed by atoms with Crippen LogP contribution in [0, 0.1) is 6.92 Å². The Balaban J connectivity index is 2.63. The van der Waals surface area contributed by atoms with Gasteiger partial charge in [-0.15, -0.1) is 0 Å². The minimum Gasteiger partial charge on any atom is -0.396 e. The van der Waals surface area contributed by atoms with E-state index in [2.05, 4.69) is 26.2 Å². The number of aryl methyl sites for hydroxylation is 1. The summed E-state index contributed by atoms with van der Waals surface area (Å²) in [7, 11) is 0. The molecular formula is C10H15BrN2O. The summed E-state index contributed by atoms with van der Waals surface area (Å²) < 4.78 is 1.01. The number of nitrogens with zero attached hydrogens (tertiary/aromatic N) is 1. The van der Waals surface area contributed by atoms with Gasteiger partial charge in [0.05, 0.1) is 5.69 Å². The maximum Gasteiger partial charge on any atom is 0.126 e. The number of halogens is 1. The minimum atomic E-state index is 0.198. The fourth-order valence-electron chi connectivity index (χ4n) is 1.14. The molecule has 0 fully saturated rings. The Labute approximate surface area is 92.7 Å². The molecule has 1 heterocycles. The first-order valence-corrected chi connectivity index (χ1v) is 5.43. The molecule has 0 aliphatic heterocycles. The highest BCUT2D eigenvalue weighted by molar-refractivity contribution is 9.10. The van der Waals surface area contributed by atoms with Gasteiger partial charge in [0.1, 0.15) is 5.82 Å². The number of aromatic nitrogens is 1. The molecule has 78 valence electrons. The van der Waals surface area contributed by atoms with Crippen molar-refractivity contribution < 1.29 is 5.11 Å². The number of aliphatic hydroxyl groups is 1. The summed E-state index contributed by atoms with van der Waals surface area (Å²) in [6.45, 7) is 4.17. The van der Waals surface area contributed by atoms with E-state index < -0.39 is 0 Å². The van der Waals surface area contributed by atoms with E-state index >= 15 is 0 Å². The molecule has 0 amide bonds. The van der Waals surface area contributed by atoms with Crippen molar-refractivity contribution in [2.45, 2.75) is 26.3 Å². The van der Waals surface area contributed by atoms with Crippen molar-refractivity contribution in [2.75, 3.05) is 11.9 Å². The molecule has 1 atom stereocenters. The third-order valence-corrected chi connectivity index (χ3v) is 2.82. The van der Waals surface area contributed by atoms with E-state index in [9.17, 15) is 0 Å². The van der Waals surface area contributed by atoms with Gasteiger partial charge in [-0.25, -0.2) is 4.98 Å². The second-order valence-electron chi connectivity index (χ2n) is 3.32. The van der Waals surface area contributed by atoms with Gasteiger partial charge >= 0.3 is 0 Å². The number of anilines is 1. The molecule has 1 aromatic heterocycles. The third kappa shape index (κ3) is 3.27. The second-order valence-corrected chi connectivity index (χ2v) is 4.18. The monoisotopic (exact) mass is 258 g/mol. The van der Waals surface area contributed by atoms with Crippen molar-refractivity contribution >= 4 is 21.7 Å². The molecule has 2 N–H and O–H groups in total. The van der Waals surface area contributed by atoms with Crippen molar-refractivity contribution in [1.82, 2.24) is 4.98 Å². The predicted octanol–water partition coefficient (Wildman–Crippen LogP) is 2.34. The SMILES string of the molecule is Cc1nc(N[C@H](C)CCO)ccc1Br. The van der Waals surface area contributed by atoms with Crippen LogP contribution < -0.4 is 5.32 Å². The van der Waals surface area contributed by atoms with E-state index in [1.54, 1.807) is 0 Å².